The second kappa shape index (κ2) is 62.3. The van der Waals surface area contributed by atoms with Gasteiger partial charge < -0.3 is 18.9 Å². The minimum Gasteiger partial charge on any atom is -0.463 e. The molecule has 0 aromatic heterocycles. The highest BCUT2D eigenvalue weighted by atomic mass is 16.6. The van der Waals surface area contributed by atoms with E-state index >= 15 is 0 Å². The Balaban J connectivity index is 0.000000574. The SMILES string of the molecule is CC1CCC/C=C\C/C=C\C/C=C\C/C=C\CCCC(=O)O1.CCC1CC/C=C\C/C=C\C/C=C\C/C=C\CCCC(=O)O1.CCC1CC/C=C\C/C=C\CCCCCCCC(=O)O1.CCCC1C/C=C\C/C=C\C/C=C\C/C=C\CCCC(=O)O1. The Morgan fingerprint density at radius 2 is 0.570 bits per heavy atom. The topological polar surface area (TPSA) is 105 Å². The lowest BCUT2D eigenvalue weighted by molar-refractivity contribution is -0.150. The van der Waals surface area contributed by atoms with E-state index in [0.29, 0.717) is 25.7 Å². The molecule has 480 valence electrons. The van der Waals surface area contributed by atoms with Crippen LogP contribution in [0.15, 0.2) is 170 Å². The van der Waals surface area contributed by atoms with Crippen LogP contribution in [0.2, 0.25) is 0 Å². The highest BCUT2D eigenvalue weighted by molar-refractivity contribution is 5.70. The summed E-state index contributed by atoms with van der Waals surface area (Å²) in [7, 11) is 0. The van der Waals surface area contributed by atoms with E-state index in [1.54, 1.807) is 0 Å². The third-order valence-electron chi connectivity index (χ3n) is 14.5. The average Bonchev–Trinajstić information content (AvgIpc) is 3.53. The molecule has 4 rings (SSSR count). The third-order valence-corrected chi connectivity index (χ3v) is 14.5. The summed E-state index contributed by atoms with van der Waals surface area (Å²) >= 11 is 0. The number of cyclic esters (lactones) is 4. The summed E-state index contributed by atoms with van der Waals surface area (Å²) in [6.45, 7) is 8.29. The van der Waals surface area contributed by atoms with Crippen LogP contribution in [0.3, 0.4) is 0 Å². The van der Waals surface area contributed by atoms with Gasteiger partial charge in [0, 0.05) is 32.1 Å². The second-order valence-corrected chi connectivity index (χ2v) is 22.5. The van der Waals surface area contributed by atoms with E-state index in [9.17, 15) is 19.2 Å². The van der Waals surface area contributed by atoms with Gasteiger partial charge in [0.05, 0.1) is 6.10 Å². The first-order valence-corrected chi connectivity index (χ1v) is 34.1. The van der Waals surface area contributed by atoms with Crippen molar-refractivity contribution in [1.82, 2.24) is 0 Å². The second-order valence-electron chi connectivity index (χ2n) is 22.5. The molecule has 0 saturated heterocycles. The van der Waals surface area contributed by atoms with Gasteiger partial charge in [-0.1, -0.05) is 217 Å². The molecule has 0 fully saturated rings. The van der Waals surface area contributed by atoms with E-state index in [2.05, 4.69) is 191 Å². The summed E-state index contributed by atoms with van der Waals surface area (Å²) in [5.41, 5.74) is 0. The van der Waals surface area contributed by atoms with Crippen molar-refractivity contribution in [2.24, 2.45) is 0 Å². The van der Waals surface area contributed by atoms with Gasteiger partial charge in [-0.25, -0.2) is 0 Å². The van der Waals surface area contributed by atoms with Crippen LogP contribution >= 0.6 is 0 Å². The number of hydrogen-bond donors (Lipinski definition) is 0. The molecule has 0 N–H and O–H groups in total. The Kier molecular flexibility index (Phi) is 56.7. The van der Waals surface area contributed by atoms with Gasteiger partial charge >= 0.3 is 23.9 Å². The molecular weight excluding hydrogens is 1060 g/mol. The molecule has 4 unspecified atom stereocenters. The molecule has 86 heavy (non-hydrogen) atoms. The van der Waals surface area contributed by atoms with Crippen molar-refractivity contribution in [3.8, 4) is 0 Å². The summed E-state index contributed by atoms with van der Waals surface area (Å²) < 4.78 is 22.1. The van der Waals surface area contributed by atoms with Crippen LogP contribution in [-0.2, 0) is 38.1 Å². The molecule has 0 aromatic carbocycles. The van der Waals surface area contributed by atoms with Gasteiger partial charge in [0.15, 0.2) is 0 Å². The highest BCUT2D eigenvalue weighted by Gasteiger charge is 2.14. The molecule has 8 heteroatoms. The Hall–Kier alpha value is -5.76. The fourth-order valence-electron chi connectivity index (χ4n) is 9.34. The van der Waals surface area contributed by atoms with Crippen molar-refractivity contribution in [2.75, 3.05) is 0 Å². The van der Waals surface area contributed by atoms with E-state index in [0.717, 1.165) is 193 Å². The number of rotatable bonds is 4. The van der Waals surface area contributed by atoms with Crippen molar-refractivity contribution in [3.05, 3.63) is 170 Å². The van der Waals surface area contributed by atoms with Gasteiger partial charge in [-0.3, -0.25) is 19.2 Å². The van der Waals surface area contributed by atoms with Crippen molar-refractivity contribution >= 4 is 23.9 Å². The minimum atomic E-state index is -0.0594. The van der Waals surface area contributed by atoms with Gasteiger partial charge in [-0.2, -0.15) is 0 Å². The Labute approximate surface area is 525 Å². The minimum absolute atomic E-state index is 0.00758. The molecule has 0 bridgehead atoms. The normalized spacial score (nSPS) is 28.1. The molecule has 0 aliphatic carbocycles. The number of hydrogen-bond acceptors (Lipinski definition) is 8. The fraction of sp³-hybridized carbons (Fsp3) is 0.590. The van der Waals surface area contributed by atoms with Gasteiger partial charge in [0.1, 0.15) is 18.3 Å². The summed E-state index contributed by atoms with van der Waals surface area (Å²) in [6, 6.07) is 0. The lowest BCUT2D eigenvalue weighted by Gasteiger charge is -2.15. The van der Waals surface area contributed by atoms with Gasteiger partial charge in [0.2, 0.25) is 0 Å². The van der Waals surface area contributed by atoms with Crippen LogP contribution in [0.4, 0.5) is 0 Å². The summed E-state index contributed by atoms with van der Waals surface area (Å²) in [5.74, 6) is -0.172. The lowest BCUT2D eigenvalue weighted by Crippen LogP contribution is -2.17. The van der Waals surface area contributed by atoms with Crippen LogP contribution in [0.5, 0.6) is 0 Å². The molecule has 0 saturated carbocycles. The number of carbonyl (C=O) groups is 4. The van der Waals surface area contributed by atoms with Gasteiger partial charge in [0.25, 0.3) is 0 Å². The van der Waals surface area contributed by atoms with Crippen molar-refractivity contribution in [3.63, 3.8) is 0 Å². The van der Waals surface area contributed by atoms with Crippen LogP contribution in [-0.4, -0.2) is 48.3 Å². The van der Waals surface area contributed by atoms with Crippen molar-refractivity contribution < 1.29 is 38.1 Å². The van der Waals surface area contributed by atoms with E-state index in [1.807, 2.05) is 6.92 Å². The van der Waals surface area contributed by atoms with E-state index in [4.69, 9.17) is 18.9 Å². The predicted octanol–water partition coefficient (Wildman–Crippen LogP) is 22.3. The molecule has 4 aliphatic rings. The molecule has 0 aromatic rings. The Morgan fingerprint density at radius 1 is 0.291 bits per heavy atom. The van der Waals surface area contributed by atoms with Crippen LogP contribution in [0, 0.1) is 0 Å². The molecule has 8 nitrogen and oxygen atoms in total. The summed E-state index contributed by atoms with van der Waals surface area (Å²) in [4.78, 5) is 47.1. The first-order valence-electron chi connectivity index (χ1n) is 34.1. The summed E-state index contributed by atoms with van der Waals surface area (Å²) in [5, 5.41) is 0. The number of ether oxygens (including phenoxy) is 4. The molecule has 0 radical (unpaired) electrons. The van der Waals surface area contributed by atoms with Crippen molar-refractivity contribution in [1.29, 1.82) is 0 Å². The monoisotopic (exact) mass is 1180 g/mol. The van der Waals surface area contributed by atoms with Crippen LogP contribution in [0.25, 0.3) is 0 Å². The van der Waals surface area contributed by atoms with E-state index < -0.39 is 0 Å². The molecule has 4 aliphatic heterocycles. The van der Waals surface area contributed by atoms with E-state index in [-0.39, 0.29) is 48.3 Å². The smallest absolute Gasteiger partial charge is 0.306 e. The van der Waals surface area contributed by atoms with E-state index in [1.165, 1.54) is 25.7 Å². The summed E-state index contributed by atoms with van der Waals surface area (Å²) in [6.07, 6.45) is 97.7. The first-order chi connectivity index (χ1) is 42.3. The first kappa shape index (κ1) is 78.3. The molecule has 4 atom stereocenters. The maximum Gasteiger partial charge on any atom is 0.306 e. The molecule has 4 heterocycles. The average molecular weight is 1190 g/mol. The number of esters is 4. The maximum absolute atomic E-state index is 11.9. The third kappa shape index (κ3) is 56.1. The standard InChI is InChI=1S/3C20H30O2.C18H30O2/c1-19-17-15-13-11-9-7-5-3-2-4-6-8-10-12-14-16-18-20(21)22-19;1-2-19-17-15-13-11-9-7-5-3-4-6-8-10-12-14-16-18-20(21)22-19;1-2-16-19-17-14-12-10-8-6-4-3-5-7-9-11-13-15-18-20(21)22-19;1-2-17-15-13-11-9-7-5-3-4-6-8-10-12-14-16-18(19)20-17/h3-6,9-12,19H,2,7-8,13-18H2,1H3;4-7,10-13,19H,2-3,8-9,14-18H2,1H3;3,5-6,8-9,11-12,14,19H,2,4,7,10,13,15-18H2,1H3;3,5,9,11,17H,2,4,6-8,10,12-16H2,1H3/b5-3-,6-4-,11-9-,12-10-;6-4-,7-5-,12-10-,13-11-;5-3-,8-6-,11-9-,14-12-;5-3-,11-9-. The number of allylic oxidation sites excluding steroid dienone is 27. The van der Waals surface area contributed by atoms with Crippen molar-refractivity contribution in [2.45, 2.75) is 296 Å². The van der Waals surface area contributed by atoms with Crippen LogP contribution < -0.4 is 0 Å². The van der Waals surface area contributed by atoms with Crippen LogP contribution in [0.1, 0.15) is 272 Å². The molecule has 0 amide bonds. The van der Waals surface area contributed by atoms with Gasteiger partial charge in [-0.15, -0.1) is 0 Å². The lowest BCUT2D eigenvalue weighted by atomic mass is 10.1. The zero-order valence-electron chi connectivity index (χ0n) is 54.6. The largest absolute Gasteiger partial charge is 0.463 e. The quantitative estimate of drug-likeness (QED) is 0.156. The maximum atomic E-state index is 11.9. The highest BCUT2D eigenvalue weighted by Crippen LogP contribution is 2.16. The molecule has 0 spiro atoms. The Bertz CT molecular complexity index is 2100. The Morgan fingerprint density at radius 3 is 0.942 bits per heavy atom. The zero-order chi connectivity index (χ0) is 62.1. The number of carbonyl (C=O) groups excluding carboxylic acids is 4. The predicted molar refractivity (Wildman–Crippen MR) is 366 cm³/mol. The van der Waals surface area contributed by atoms with Gasteiger partial charge in [-0.05, 0) is 193 Å². The fourth-order valence-corrected chi connectivity index (χ4v) is 9.34. The zero-order valence-corrected chi connectivity index (χ0v) is 54.6. The molecular formula is C78H120O8.